The maximum absolute atomic E-state index is 5.87. The van der Waals surface area contributed by atoms with Crippen LogP contribution in [0, 0.1) is 5.92 Å². The van der Waals surface area contributed by atoms with E-state index in [0.29, 0.717) is 5.92 Å². The van der Waals surface area contributed by atoms with Crippen LogP contribution in [0.2, 0.25) is 0 Å². The molecule has 0 aromatic heterocycles. The van der Waals surface area contributed by atoms with Gasteiger partial charge in [0, 0.05) is 5.92 Å². The van der Waals surface area contributed by atoms with Crippen molar-refractivity contribution < 1.29 is 9.47 Å². The second-order valence-corrected chi connectivity index (χ2v) is 5.39. The molecular formula is C18H16O2. The Morgan fingerprint density at radius 3 is 3.10 bits per heavy atom. The van der Waals surface area contributed by atoms with Gasteiger partial charge in [-0.25, -0.2) is 0 Å². The van der Waals surface area contributed by atoms with Crippen LogP contribution in [0.25, 0.3) is 0 Å². The Labute approximate surface area is 118 Å². The molecule has 100 valence electrons. The van der Waals surface area contributed by atoms with Crippen molar-refractivity contribution in [1.29, 1.82) is 0 Å². The number of hydrogen-bond donors (Lipinski definition) is 0. The quantitative estimate of drug-likeness (QED) is 0.765. The van der Waals surface area contributed by atoms with E-state index < -0.39 is 0 Å². The SMILES string of the molecule is C1=CCC2=CC(C3COc4ccccc4C3)=COC2=C1. The first kappa shape index (κ1) is 11.6. The molecule has 0 N–H and O–H groups in total. The van der Waals surface area contributed by atoms with E-state index >= 15 is 0 Å². The van der Waals surface area contributed by atoms with Gasteiger partial charge in [-0.1, -0.05) is 30.4 Å². The molecule has 1 aromatic rings. The number of benzene rings is 1. The van der Waals surface area contributed by atoms with Crippen LogP contribution in [0.4, 0.5) is 0 Å². The van der Waals surface area contributed by atoms with Gasteiger partial charge < -0.3 is 9.47 Å². The fourth-order valence-electron chi connectivity index (χ4n) is 2.93. The van der Waals surface area contributed by atoms with E-state index in [4.69, 9.17) is 9.47 Å². The predicted octanol–water partition coefficient (Wildman–Crippen LogP) is 3.92. The molecule has 20 heavy (non-hydrogen) atoms. The van der Waals surface area contributed by atoms with Crippen molar-refractivity contribution in [2.24, 2.45) is 5.92 Å². The summed E-state index contributed by atoms with van der Waals surface area (Å²) < 4.78 is 11.6. The van der Waals surface area contributed by atoms with Gasteiger partial charge >= 0.3 is 0 Å². The van der Waals surface area contributed by atoms with Gasteiger partial charge in [-0.2, -0.15) is 0 Å². The number of hydrogen-bond acceptors (Lipinski definition) is 2. The fourth-order valence-corrected chi connectivity index (χ4v) is 2.93. The van der Waals surface area contributed by atoms with Crippen LogP contribution in [-0.2, 0) is 11.2 Å². The summed E-state index contributed by atoms with van der Waals surface area (Å²) in [5.41, 5.74) is 3.79. The van der Waals surface area contributed by atoms with Crippen LogP contribution in [0.3, 0.4) is 0 Å². The average molecular weight is 264 g/mol. The van der Waals surface area contributed by atoms with Gasteiger partial charge in [0.2, 0.25) is 0 Å². The van der Waals surface area contributed by atoms with Gasteiger partial charge in [-0.3, -0.25) is 0 Å². The Hall–Kier alpha value is -2.22. The van der Waals surface area contributed by atoms with Gasteiger partial charge in [-0.15, -0.1) is 0 Å². The van der Waals surface area contributed by atoms with E-state index in [9.17, 15) is 0 Å². The van der Waals surface area contributed by atoms with Crippen molar-refractivity contribution in [2.45, 2.75) is 12.8 Å². The Morgan fingerprint density at radius 2 is 2.10 bits per heavy atom. The number of rotatable bonds is 1. The molecule has 2 nitrogen and oxygen atoms in total. The van der Waals surface area contributed by atoms with Crippen LogP contribution in [-0.4, -0.2) is 6.61 Å². The van der Waals surface area contributed by atoms with E-state index in [1.54, 1.807) is 0 Å². The van der Waals surface area contributed by atoms with Crippen LogP contribution in [0.5, 0.6) is 5.75 Å². The lowest BCUT2D eigenvalue weighted by atomic mass is 9.88. The van der Waals surface area contributed by atoms with E-state index in [1.807, 2.05) is 30.5 Å². The average Bonchev–Trinajstić information content (AvgIpc) is 2.54. The summed E-state index contributed by atoms with van der Waals surface area (Å²) in [6.45, 7) is 0.727. The summed E-state index contributed by atoms with van der Waals surface area (Å²) in [7, 11) is 0. The zero-order valence-electron chi connectivity index (χ0n) is 11.2. The molecule has 0 saturated carbocycles. The molecule has 0 saturated heterocycles. The first-order chi connectivity index (χ1) is 9.90. The molecule has 2 heteroatoms. The molecule has 0 fully saturated rings. The zero-order chi connectivity index (χ0) is 13.4. The van der Waals surface area contributed by atoms with E-state index in [-0.39, 0.29) is 0 Å². The largest absolute Gasteiger partial charge is 0.493 e. The van der Waals surface area contributed by atoms with Crippen molar-refractivity contribution in [3.8, 4) is 5.75 Å². The van der Waals surface area contributed by atoms with Gasteiger partial charge in [0.1, 0.15) is 11.5 Å². The highest BCUT2D eigenvalue weighted by molar-refractivity contribution is 5.45. The summed E-state index contributed by atoms with van der Waals surface area (Å²) >= 11 is 0. The van der Waals surface area contributed by atoms with Crippen molar-refractivity contribution in [2.75, 3.05) is 6.61 Å². The summed E-state index contributed by atoms with van der Waals surface area (Å²) in [4.78, 5) is 0. The normalized spacial score (nSPS) is 23.4. The Morgan fingerprint density at radius 1 is 1.15 bits per heavy atom. The van der Waals surface area contributed by atoms with Crippen LogP contribution in [0.1, 0.15) is 12.0 Å². The minimum absolute atomic E-state index is 0.379. The Kier molecular flexibility index (Phi) is 2.73. The maximum Gasteiger partial charge on any atom is 0.130 e. The number of para-hydroxylation sites is 1. The highest BCUT2D eigenvalue weighted by Gasteiger charge is 2.25. The molecule has 1 aliphatic carbocycles. The lowest BCUT2D eigenvalue weighted by Gasteiger charge is -2.28. The van der Waals surface area contributed by atoms with Crippen LogP contribution >= 0.6 is 0 Å². The van der Waals surface area contributed by atoms with Crippen LogP contribution < -0.4 is 4.74 Å². The monoisotopic (exact) mass is 264 g/mol. The van der Waals surface area contributed by atoms with Gasteiger partial charge in [-0.05, 0) is 47.8 Å². The number of ether oxygens (including phenoxy) is 2. The second-order valence-electron chi connectivity index (χ2n) is 5.39. The van der Waals surface area contributed by atoms with Gasteiger partial charge in [0.05, 0.1) is 12.9 Å². The minimum Gasteiger partial charge on any atom is -0.493 e. The molecule has 4 rings (SSSR count). The molecule has 0 radical (unpaired) electrons. The molecule has 0 spiro atoms. The summed E-state index contributed by atoms with van der Waals surface area (Å²) in [6.07, 6.45) is 12.4. The fraction of sp³-hybridized carbons (Fsp3) is 0.222. The summed E-state index contributed by atoms with van der Waals surface area (Å²) in [5.74, 6) is 2.38. The third-order valence-electron chi connectivity index (χ3n) is 4.05. The first-order valence-electron chi connectivity index (χ1n) is 7.05. The van der Waals surface area contributed by atoms with Crippen molar-refractivity contribution in [1.82, 2.24) is 0 Å². The minimum atomic E-state index is 0.379. The summed E-state index contributed by atoms with van der Waals surface area (Å²) in [6, 6.07) is 8.28. The third-order valence-corrected chi connectivity index (χ3v) is 4.05. The predicted molar refractivity (Wildman–Crippen MR) is 78.2 cm³/mol. The van der Waals surface area contributed by atoms with Crippen molar-refractivity contribution in [3.05, 3.63) is 77.3 Å². The number of allylic oxidation sites excluding steroid dienone is 5. The Bertz CT molecular complexity index is 662. The smallest absolute Gasteiger partial charge is 0.130 e. The second kappa shape index (κ2) is 4.71. The maximum atomic E-state index is 5.87. The molecule has 2 heterocycles. The highest BCUT2D eigenvalue weighted by atomic mass is 16.5. The standard InChI is InChI=1S/C18H16O2/c1-3-7-17-13(5-1)9-15(11-19-17)16-10-14-6-2-4-8-18(14)20-12-16/h1-5,7-8,10,12,15H,6,9,11H2. The topological polar surface area (TPSA) is 18.5 Å². The third kappa shape index (κ3) is 1.97. The highest BCUT2D eigenvalue weighted by Crippen LogP contribution is 2.35. The zero-order valence-corrected chi connectivity index (χ0v) is 11.2. The molecule has 0 bridgehead atoms. The molecule has 0 amide bonds. The van der Waals surface area contributed by atoms with Gasteiger partial charge in [0.15, 0.2) is 0 Å². The van der Waals surface area contributed by atoms with E-state index in [2.05, 4.69) is 24.3 Å². The molecule has 1 aromatic carbocycles. The van der Waals surface area contributed by atoms with E-state index in [1.165, 1.54) is 16.7 Å². The van der Waals surface area contributed by atoms with E-state index in [0.717, 1.165) is 31.0 Å². The van der Waals surface area contributed by atoms with Gasteiger partial charge in [0.25, 0.3) is 0 Å². The van der Waals surface area contributed by atoms with Crippen molar-refractivity contribution >= 4 is 0 Å². The Balaban J connectivity index is 1.59. The molecule has 1 atom stereocenters. The molecule has 3 aliphatic rings. The van der Waals surface area contributed by atoms with Crippen LogP contribution in [0.15, 0.2) is 71.7 Å². The molecular weight excluding hydrogens is 248 g/mol. The van der Waals surface area contributed by atoms with Crippen molar-refractivity contribution in [3.63, 3.8) is 0 Å². The summed E-state index contributed by atoms with van der Waals surface area (Å²) in [5, 5.41) is 0. The lowest BCUT2D eigenvalue weighted by molar-refractivity contribution is 0.238. The number of fused-ring (bicyclic) bond motifs is 2. The first-order valence-corrected chi connectivity index (χ1v) is 7.05. The lowest BCUT2D eigenvalue weighted by Crippen LogP contribution is -2.23. The molecule has 1 unspecified atom stereocenters. The molecule has 2 aliphatic heterocycles.